The number of carbonyl (C=O) groups excluding carboxylic acids is 1. The highest BCUT2D eigenvalue weighted by Crippen LogP contribution is 2.28. The Labute approximate surface area is 107 Å². The minimum absolute atomic E-state index is 0.00748. The molecule has 0 aromatic carbocycles. The smallest absolute Gasteiger partial charge is 0.257 e. The molecule has 0 radical (unpaired) electrons. The van der Waals surface area contributed by atoms with Gasteiger partial charge in [0.2, 0.25) is 0 Å². The molecule has 1 amide bonds. The number of piperidine rings is 1. The van der Waals surface area contributed by atoms with Gasteiger partial charge < -0.3 is 10.6 Å². The highest BCUT2D eigenvalue weighted by molar-refractivity contribution is 5.95. The van der Waals surface area contributed by atoms with Crippen molar-refractivity contribution in [3.63, 3.8) is 0 Å². The van der Waals surface area contributed by atoms with E-state index in [1.807, 2.05) is 11.8 Å². The molecule has 1 aromatic heterocycles. The van der Waals surface area contributed by atoms with Crippen molar-refractivity contribution in [3.05, 3.63) is 23.8 Å². The number of nitrogens with zero attached hydrogens (tertiary/aromatic N) is 3. The molecule has 1 saturated heterocycles. The molecule has 0 spiro atoms. The molecule has 0 aliphatic carbocycles. The first-order chi connectivity index (χ1) is 8.42. The lowest BCUT2D eigenvalue weighted by Gasteiger charge is -2.42. The summed E-state index contributed by atoms with van der Waals surface area (Å²) < 4.78 is 0. The van der Waals surface area contributed by atoms with Crippen LogP contribution in [0.4, 0.5) is 0 Å². The molecule has 1 aliphatic rings. The molecule has 5 nitrogen and oxygen atoms in total. The van der Waals surface area contributed by atoms with E-state index in [1.54, 1.807) is 6.20 Å². The first kappa shape index (κ1) is 13.0. The van der Waals surface area contributed by atoms with Gasteiger partial charge in [0.15, 0.2) is 0 Å². The molecule has 18 heavy (non-hydrogen) atoms. The fraction of sp³-hybridized carbons (Fsp3) is 0.615. The Bertz CT molecular complexity index is 458. The topological polar surface area (TPSA) is 72.1 Å². The van der Waals surface area contributed by atoms with E-state index in [1.165, 1.54) is 6.33 Å². The Morgan fingerprint density at radius 1 is 1.56 bits per heavy atom. The maximum atomic E-state index is 12.4. The average molecular weight is 248 g/mol. The zero-order valence-corrected chi connectivity index (χ0v) is 11.2. The van der Waals surface area contributed by atoms with Crippen LogP contribution in [0.1, 0.15) is 36.3 Å². The summed E-state index contributed by atoms with van der Waals surface area (Å²) in [5.41, 5.74) is 7.35. The van der Waals surface area contributed by atoms with Crippen molar-refractivity contribution >= 4 is 5.91 Å². The lowest BCUT2D eigenvalue weighted by molar-refractivity contribution is 0.0531. The van der Waals surface area contributed by atoms with Gasteiger partial charge in [-0.15, -0.1) is 0 Å². The molecule has 2 N–H and O–H groups in total. The van der Waals surface area contributed by atoms with Gasteiger partial charge in [0.1, 0.15) is 6.33 Å². The third kappa shape index (κ3) is 2.36. The summed E-state index contributed by atoms with van der Waals surface area (Å²) in [5, 5.41) is 0. The number of hydrogen-bond donors (Lipinski definition) is 1. The van der Waals surface area contributed by atoms with E-state index in [2.05, 4.69) is 23.8 Å². The van der Waals surface area contributed by atoms with Crippen molar-refractivity contribution in [2.45, 2.75) is 33.2 Å². The lowest BCUT2D eigenvalue weighted by atomic mass is 9.79. The van der Waals surface area contributed by atoms with Crippen molar-refractivity contribution < 1.29 is 4.79 Å². The van der Waals surface area contributed by atoms with Gasteiger partial charge in [-0.25, -0.2) is 9.97 Å². The first-order valence-corrected chi connectivity index (χ1v) is 6.23. The molecule has 1 unspecified atom stereocenters. The third-order valence-corrected chi connectivity index (χ3v) is 3.74. The Morgan fingerprint density at radius 2 is 2.28 bits per heavy atom. The van der Waals surface area contributed by atoms with E-state index in [9.17, 15) is 4.79 Å². The molecular formula is C13H20N4O. The van der Waals surface area contributed by atoms with Gasteiger partial charge in [-0.2, -0.15) is 0 Å². The van der Waals surface area contributed by atoms with Crippen LogP contribution in [0.3, 0.4) is 0 Å². The maximum absolute atomic E-state index is 12.4. The highest BCUT2D eigenvalue weighted by atomic mass is 16.2. The normalized spacial score (nSPS) is 22.9. The van der Waals surface area contributed by atoms with Crippen molar-refractivity contribution in [1.29, 1.82) is 0 Å². The van der Waals surface area contributed by atoms with E-state index in [0.29, 0.717) is 18.7 Å². The van der Waals surface area contributed by atoms with E-state index >= 15 is 0 Å². The second kappa shape index (κ2) is 4.65. The molecule has 1 aliphatic heterocycles. The second-order valence-electron chi connectivity index (χ2n) is 5.63. The summed E-state index contributed by atoms with van der Waals surface area (Å²) in [7, 11) is 0. The van der Waals surface area contributed by atoms with Crippen LogP contribution >= 0.6 is 0 Å². The Morgan fingerprint density at radius 3 is 2.89 bits per heavy atom. The van der Waals surface area contributed by atoms with Gasteiger partial charge in [0, 0.05) is 25.3 Å². The fourth-order valence-corrected chi connectivity index (χ4v) is 2.32. The molecule has 2 rings (SSSR count). The van der Waals surface area contributed by atoms with E-state index in [0.717, 1.165) is 12.1 Å². The minimum Gasteiger partial charge on any atom is -0.338 e. The summed E-state index contributed by atoms with van der Waals surface area (Å²) in [6.07, 6.45) is 3.89. The van der Waals surface area contributed by atoms with Crippen LogP contribution in [0.25, 0.3) is 0 Å². The quantitative estimate of drug-likeness (QED) is 0.804. The van der Waals surface area contributed by atoms with Crippen LogP contribution in [0.15, 0.2) is 12.5 Å². The number of aryl methyl sites for hydroxylation is 1. The zero-order chi connectivity index (χ0) is 13.3. The van der Waals surface area contributed by atoms with Crippen LogP contribution in [0, 0.1) is 12.3 Å². The first-order valence-electron chi connectivity index (χ1n) is 6.23. The average Bonchev–Trinajstić information content (AvgIpc) is 2.32. The van der Waals surface area contributed by atoms with E-state index in [-0.39, 0.29) is 17.4 Å². The van der Waals surface area contributed by atoms with E-state index < -0.39 is 0 Å². The number of amides is 1. The number of likely N-dealkylation sites (tertiary alicyclic amines) is 1. The van der Waals surface area contributed by atoms with Gasteiger partial charge in [-0.05, 0) is 18.8 Å². The number of carbonyl (C=O) groups is 1. The summed E-state index contributed by atoms with van der Waals surface area (Å²) in [6.45, 7) is 7.42. The molecule has 98 valence electrons. The molecule has 2 heterocycles. The molecule has 1 aromatic rings. The summed E-state index contributed by atoms with van der Waals surface area (Å²) in [4.78, 5) is 22.3. The molecule has 0 bridgehead atoms. The van der Waals surface area contributed by atoms with Crippen molar-refractivity contribution in [2.24, 2.45) is 11.1 Å². The minimum atomic E-state index is -0.0442. The van der Waals surface area contributed by atoms with Gasteiger partial charge in [0.25, 0.3) is 5.91 Å². The monoisotopic (exact) mass is 248 g/mol. The summed E-state index contributed by atoms with van der Waals surface area (Å²) in [6, 6.07) is 0.148. The molecule has 1 fully saturated rings. The third-order valence-electron chi connectivity index (χ3n) is 3.74. The number of nitrogens with two attached hydrogens (primary N) is 1. The Balaban J connectivity index is 2.18. The van der Waals surface area contributed by atoms with Crippen LogP contribution in [0.2, 0.25) is 0 Å². The van der Waals surface area contributed by atoms with Gasteiger partial charge >= 0.3 is 0 Å². The van der Waals surface area contributed by atoms with Crippen molar-refractivity contribution in [3.8, 4) is 0 Å². The van der Waals surface area contributed by atoms with Crippen LogP contribution in [-0.2, 0) is 0 Å². The summed E-state index contributed by atoms with van der Waals surface area (Å²) >= 11 is 0. The van der Waals surface area contributed by atoms with E-state index in [4.69, 9.17) is 5.73 Å². The SMILES string of the molecule is Cc1ncncc1C(=O)N1CCC(N)C(C)(C)C1. The van der Waals surface area contributed by atoms with Gasteiger partial charge in [-0.3, -0.25) is 4.79 Å². The molecule has 0 saturated carbocycles. The van der Waals surface area contributed by atoms with Gasteiger partial charge in [0.05, 0.1) is 11.3 Å². The maximum Gasteiger partial charge on any atom is 0.257 e. The van der Waals surface area contributed by atoms with Crippen LogP contribution < -0.4 is 5.73 Å². The molecule has 5 heteroatoms. The zero-order valence-electron chi connectivity index (χ0n) is 11.2. The Kier molecular flexibility index (Phi) is 3.34. The molecule has 1 atom stereocenters. The number of rotatable bonds is 1. The molecular weight excluding hydrogens is 228 g/mol. The second-order valence-corrected chi connectivity index (χ2v) is 5.63. The highest BCUT2D eigenvalue weighted by Gasteiger charge is 2.35. The Hall–Kier alpha value is -1.49. The number of hydrogen-bond acceptors (Lipinski definition) is 4. The van der Waals surface area contributed by atoms with Gasteiger partial charge in [-0.1, -0.05) is 13.8 Å². The fourth-order valence-electron chi connectivity index (χ4n) is 2.32. The lowest BCUT2D eigenvalue weighted by Crippen LogP contribution is -2.54. The largest absolute Gasteiger partial charge is 0.338 e. The van der Waals surface area contributed by atoms with Crippen molar-refractivity contribution in [2.75, 3.05) is 13.1 Å². The van der Waals surface area contributed by atoms with Crippen LogP contribution in [0.5, 0.6) is 0 Å². The van der Waals surface area contributed by atoms with Crippen LogP contribution in [-0.4, -0.2) is 39.9 Å². The number of aromatic nitrogens is 2. The predicted octanol–water partition coefficient (Wildman–Crippen LogP) is 0.984. The predicted molar refractivity (Wildman–Crippen MR) is 69.0 cm³/mol. The standard InChI is InChI=1S/C13H20N4O/c1-9-10(6-15-8-16-9)12(18)17-5-4-11(14)13(2,3)7-17/h6,8,11H,4-5,7,14H2,1-3H3. The summed E-state index contributed by atoms with van der Waals surface area (Å²) in [5.74, 6) is 0.00748. The van der Waals surface area contributed by atoms with Crippen molar-refractivity contribution in [1.82, 2.24) is 14.9 Å².